The van der Waals surface area contributed by atoms with Crippen LogP contribution in [0.15, 0.2) is 45.7 Å². The number of nitrogens with zero attached hydrogens (tertiary/aromatic N) is 2. The zero-order valence-corrected chi connectivity index (χ0v) is 11.4. The Balaban J connectivity index is 2.44. The molecule has 0 atom stereocenters. The summed E-state index contributed by atoms with van der Waals surface area (Å²) in [6, 6.07) is 7.50. The van der Waals surface area contributed by atoms with Gasteiger partial charge < -0.3 is 9.52 Å². The fourth-order valence-corrected chi connectivity index (χ4v) is 2.33. The van der Waals surface area contributed by atoms with E-state index in [4.69, 9.17) is 4.42 Å². The Hall–Kier alpha value is -3.22. The Bertz CT molecular complexity index is 948. The lowest BCUT2D eigenvalue weighted by molar-refractivity contribution is -0.384. The van der Waals surface area contributed by atoms with E-state index >= 15 is 0 Å². The van der Waals surface area contributed by atoms with Crippen LogP contribution in [0.4, 0.5) is 5.69 Å². The van der Waals surface area contributed by atoms with Crippen LogP contribution >= 0.6 is 0 Å². The van der Waals surface area contributed by atoms with Gasteiger partial charge in [0.15, 0.2) is 5.75 Å². The Morgan fingerprint density at radius 1 is 1.27 bits per heavy atom. The maximum absolute atomic E-state index is 12.6. The second kappa shape index (κ2) is 4.96. The van der Waals surface area contributed by atoms with Gasteiger partial charge in [-0.3, -0.25) is 19.9 Å². The number of rotatable bonds is 2. The van der Waals surface area contributed by atoms with E-state index in [0.717, 1.165) is 6.07 Å². The van der Waals surface area contributed by atoms with Crippen LogP contribution in [-0.4, -0.2) is 15.0 Å². The summed E-state index contributed by atoms with van der Waals surface area (Å²) in [4.78, 5) is 27.0. The quantitative estimate of drug-likeness (QED) is 0.576. The van der Waals surface area contributed by atoms with Crippen molar-refractivity contribution in [2.45, 2.75) is 6.92 Å². The molecule has 0 bridgehead atoms. The summed E-state index contributed by atoms with van der Waals surface area (Å²) in [5, 5.41) is 20.7. The molecule has 3 aromatic rings. The SMILES string of the molecule is Cc1oc2c([N+](=O)[O-])c(O)ccc2c(=O)c1-c1ccccn1. The number of hydrogen-bond acceptors (Lipinski definition) is 6. The summed E-state index contributed by atoms with van der Waals surface area (Å²) >= 11 is 0. The number of aryl methyl sites for hydroxylation is 1. The number of nitro groups is 1. The van der Waals surface area contributed by atoms with Gasteiger partial charge in [-0.1, -0.05) is 6.07 Å². The first kappa shape index (κ1) is 13.7. The van der Waals surface area contributed by atoms with Gasteiger partial charge in [0.25, 0.3) is 0 Å². The van der Waals surface area contributed by atoms with E-state index in [9.17, 15) is 20.0 Å². The number of aromatic hydroxyl groups is 1. The molecule has 0 fully saturated rings. The van der Waals surface area contributed by atoms with Gasteiger partial charge in [-0.25, -0.2) is 0 Å². The van der Waals surface area contributed by atoms with Crippen molar-refractivity contribution in [3.05, 3.63) is 62.6 Å². The van der Waals surface area contributed by atoms with Crippen LogP contribution in [0.25, 0.3) is 22.2 Å². The first-order valence-electron chi connectivity index (χ1n) is 6.36. The van der Waals surface area contributed by atoms with Crippen molar-refractivity contribution in [3.63, 3.8) is 0 Å². The summed E-state index contributed by atoms with van der Waals surface area (Å²) in [6.45, 7) is 1.53. The monoisotopic (exact) mass is 298 g/mol. The molecular weight excluding hydrogens is 288 g/mol. The van der Waals surface area contributed by atoms with Gasteiger partial charge >= 0.3 is 5.69 Å². The Labute approximate surface area is 123 Å². The summed E-state index contributed by atoms with van der Waals surface area (Å²) in [5.74, 6) is -0.351. The van der Waals surface area contributed by atoms with Crippen molar-refractivity contribution in [2.24, 2.45) is 0 Å². The van der Waals surface area contributed by atoms with Crippen LogP contribution < -0.4 is 5.43 Å². The molecule has 7 nitrogen and oxygen atoms in total. The van der Waals surface area contributed by atoms with Crippen LogP contribution in [0, 0.1) is 17.0 Å². The highest BCUT2D eigenvalue weighted by atomic mass is 16.6. The molecule has 2 heterocycles. The van der Waals surface area contributed by atoms with Crippen molar-refractivity contribution >= 4 is 16.7 Å². The number of phenolic OH excluding ortho intramolecular Hbond substituents is 1. The maximum atomic E-state index is 12.6. The number of aromatic nitrogens is 1. The van der Waals surface area contributed by atoms with Crippen LogP contribution in [0.1, 0.15) is 5.76 Å². The number of nitro benzene ring substituents is 1. The minimum Gasteiger partial charge on any atom is -0.502 e. The molecule has 0 aliphatic carbocycles. The third-order valence-corrected chi connectivity index (χ3v) is 3.29. The van der Waals surface area contributed by atoms with E-state index in [-0.39, 0.29) is 22.3 Å². The fourth-order valence-electron chi connectivity index (χ4n) is 2.33. The second-order valence-corrected chi connectivity index (χ2v) is 4.64. The first-order chi connectivity index (χ1) is 10.5. The van der Waals surface area contributed by atoms with Gasteiger partial charge in [-0.2, -0.15) is 0 Å². The first-order valence-corrected chi connectivity index (χ1v) is 6.36. The molecule has 0 aliphatic heterocycles. The van der Waals surface area contributed by atoms with E-state index in [1.165, 1.54) is 19.2 Å². The Morgan fingerprint density at radius 2 is 2.05 bits per heavy atom. The number of pyridine rings is 1. The van der Waals surface area contributed by atoms with Crippen LogP contribution in [0.5, 0.6) is 5.75 Å². The lowest BCUT2D eigenvalue weighted by Gasteiger charge is -2.07. The summed E-state index contributed by atoms with van der Waals surface area (Å²) in [5.41, 5.74) is -0.627. The molecule has 7 heteroatoms. The zero-order valence-electron chi connectivity index (χ0n) is 11.4. The predicted octanol–water partition coefficient (Wildman–Crippen LogP) is 2.78. The second-order valence-electron chi connectivity index (χ2n) is 4.64. The molecule has 1 aromatic carbocycles. The van der Waals surface area contributed by atoms with E-state index in [0.29, 0.717) is 5.69 Å². The summed E-state index contributed by atoms with van der Waals surface area (Å²) in [6.07, 6.45) is 1.54. The minimum atomic E-state index is -0.777. The molecule has 0 unspecified atom stereocenters. The van der Waals surface area contributed by atoms with Crippen molar-refractivity contribution in [3.8, 4) is 17.0 Å². The Kier molecular flexibility index (Phi) is 3.10. The topological polar surface area (TPSA) is 106 Å². The van der Waals surface area contributed by atoms with Gasteiger partial charge in [0.1, 0.15) is 5.76 Å². The van der Waals surface area contributed by atoms with Gasteiger partial charge in [0, 0.05) is 6.20 Å². The molecule has 22 heavy (non-hydrogen) atoms. The molecular formula is C15H10N2O5. The van der Waals surface area contributed by atoms with Crippen molar-refractivity contribution in [1.82, 2.24) is 4.98 Å². The standard InChI is InChI=1S/C15H10N2O5/c1-8-12(10-4-2-3-7-16-10)14(19)9-5-6-11(18)13(17(20)21)15(9)22-8/h2-7,18H,1H3. The zero-order chi connectivity index (χ0) is 15.9. The average Bonchev–Trinajstić information content (AvgIpc) is 2.47. The highest BCUT2D eigenvalue weighted by Gasteiger charge is 2.24. The van der Waals surface area contributed by atoms with Crippen LogP contribution in [-0.2, 0) is 0 Å². The van der Waals surface area contributed by atoms with Gasteiger partial charge in [-0.05, 0) is 31.2 Å². The highest BCUT2D eigenvalue weighted by molar-refractivity contribution is 5.90. The van der Waals surface area contributed by atoms with Crippen LogP contribution in [0.3, 0.4) is 0 Å². The van der Waals surface area contributed by atoms with Crippen molar-refractivity contribution in [1.29, 1.82) is 0 Å². The van der Waals surface area contributed by atoms with E-state index in [1.807, 2.05) is 0 Å². The molecule has 0 radical (unpaired) electrons. The summed E-state index contributed by atoms with van der Waals surface area (Å²) < 4.78 is 5.46. The average molecular weight is 298 g/mol. The van der Waals surface area contributed by atoms with E-state index in [2.05, 4.69) is 4.98 Å². The van der Waals surface area contributed by atoms with Gasteiger partial charge in [0.2, 0.25) is 11.0 Å². The molecule has 110 valence electrons. The normalized spacial score (nSPS) is 10.8. The number of fused-ring (bicyclic) bond motifs is 1. The molecule has 0 aliphatic rings. The predicted molar refractivity (Wildman–Crippen MR) is 78.8 cm³/mol. The number of hydrogen-bond donors (Lipinski definition) is 1. The Morgan fingerprint density at radius 3 is 2.68 bits per heavy atom. The van der Waals surface area contributed by atoms with Gasteiger partial charge in [-0.15, -0.1) is 0 Å². The molecule has 0 spiro atoms. The third kappa shape index (κ3) is 1.99. The molecule has 0 amide bonds. The molecule has 0 saturated carbocycles. The highest BCUT2D eigenvalue weighted by Crippen LogP contribution is 2.35. The maximum Gasteiger partial charge on any atom is 0.353 e. The van der Waals surface area contributed by atoms with E-state index in [1.54, 1.807) is 18.2 Å². The molecule has 2 aromatic heterocycles. The molecule has 0 saturated heterocycles. The molecule has 1 N–H and O–H groups in total. The van der Waals surface area contributed by atoms with Crippen LogP contribution in [0.2, 0.25) is 0 Å². The third-order valence-electron chi connectivity index (χ3n) is 3.29. The number of phenols is 1. The smallest absolute Gasteiger partial charge is 0.353 e. The largest absolute Gasteiger partial charge is 0.502 e. The lowest BCUT2D eigenvalue weighted by atomic mass is 10.1. The summed E-state index contributed by atoms with van der Waals surface area (Å²) in [7, 11) is 0. The van der Waals surface area contributed by atoms with Crippen molar-refractivity contribution < 1.29 is 14.4 Å². The van der Waals surface area contributed by atoms with Gasteiger partial charge in [0.05, 0.1) is 21.6 Å². The van der Waals surface area contributed by atoms with Crippen molar-refractivity contribution in [2.75, 3.05) is 0 Å². The lowest BCUT2D eigenvalue weighted by Crippen LogP contribution is -2.09. The minimum absolute atomic E-state index is 0.0238. The fraction of sp³-hybridized carbons (Fsp3) is 0.0667. The molecule has 3 rings (SSSR count). The van der Waals surface area contributed by atoms with E-state index < -0.39 is 21.8 Å². The number of benzene rings is 1.